The molecule has 24 heavy (non-hydrogen) atoms. The van der Waals surface area contributed by atoms with E-state index in [1.165, 1.54) is 6.26 Å². The second-order valence-corrected chi connectivity index (χ2v) is 5.60. The molecule has 130 valence electrons. The van der Waals surface area contributed by atoms with Crippen LogP contribution in [0.3, 0.4) is 0 Å². The number of anilines is 1. The monoisotopic (exact) mass is 442 g/mol. The van der Waals surface area contributed by atoms with Gasteiger partial charge < -0.3 is 20.8 Å². The molecule has 0 radical (unpaired) electrons. The molecule has 1 heterocycles. The van der Waals surface area contributed by atoms with Crippen molar-refractivity contribution in [2.75, 3.05) is 11.9 Å². The van der Waals surface area contributed by atoms with Crippen molar-refractivity contribution in [2.45, 2.75) is 20.4 Å². The van der Waals surface area contributed by atoms with E-state index in [1.807, 2.05) is 24.3 Å². The van der Waals surface area contributed by atoms with Crippen molar-refractivity contribution >= 4 is 41.5 Å². The van der Waals surface area contributed by atoms with Crippen molar-refractivity contribution < 1.29 is 9.21 Å². The van der Waals surface area contributed by atoms with Gasteiger partial charge in [0.2, 0.25) is 0 Å². The lowest BCUT2D eigenvalue weighted by atomic mass is 10.2. The lowest BCUT2D eigenvalue weighted by molar-refractivity contribution is 0.0996. The molecule has 1 amide bonds. The number of hydrogen-bond donors (Lipinski definition) is 3. The number of halogens is 1. The number of hydrogen-bond acceptors (Lipinski definition) is 3. The Labute approximate surface area is 158 Å². The van der Waals surface area contributed by atoms with Crippen LogP contribution in [-0.4, -0.2) is 18.4 Å². The number of nitrogens with one attached hydrogen (secondary N) is 2. The van der Waals surface area contributed by atoms with Gasteiger partial charge in [-0.05, 0) is 35.7 Å². The van der Waals surface area contributed by atoms with Gasteiger partial charge in [-0.15, -0.1) is 24.0 Å². The average molecular weight is 442 g/mol. The second-order valence-electron chi connectivity index (χ2n) is 5.60. The molecule has 0 bridgehead atoms. The summed E-state index contributed by atoms with van der Waals surface area (Å²) in [4.78, 5) is 16.1. The van der Waals surface area contributed by atoms with Crippen molar-refractivity contribution in [2.24, 2.45) is 16.6 Å². The Hall–Kier alpha value is -2.03. The Balaban J connectivity index is 0.00000288. The molecule has 4 N–H and O–H groups in total. The summed E-state index contributed by atoms with van der Waals surface area (Å²) < 4.78 is 5.05. The summed E-state index contributed by atoms with van der Waals surface area (Å²) in [5.41, 5.74) is 7.50. The van der Waals surface area contributed by atoms with E-state index in [-0.39, 0.29) is 35.6 Å². The largest absolute Gasteiger partial charge is 0.459 e. The number of nitrogens with two attached hydrogens (primary N) is 1. The molecular formula is C17H23IN4O2. The molecule has 1 aromatic carbocycles. The number of rotatable bonds is 6. The highest BCUT2D eigenvalue weighted by atomic mass is 127. The molecule has 0 atom stereocenters. The van der Waals surface area contributed by atoms with Gasteiger partial charge in [0.25, 0.3) is 5.91 Å². The van der Waals surface area contributed by atoms with Crippen LogP contribution in [0.2, 0.25) is 0 Å². The van der Waals surface area contributed by atoms with E-state index < -0.39 is 0 Å². The van der Waals surface area contributed by atoms with Gasteiger partial charge in [-0.25, -0.2) is 4.99 Å². The smallest absolute Gasteiger partial charge is 0.291 e. The number of furan rings is 1. The van der Waals surface area contributed by atoms with Crippen LogP contribution in [0, 0.1) is 5.92 Å². The molecule has 6 nitrogen and oxygen atoms in total. The van der Waals surface area contributed by atoms with Gasteiger partial charge in [0.1, 0.15) is 0 Å². The van der Waals surface area contributed by atoms with E-state index in [2.05, 4.69) is 29.5 Å². The Morgan fingerprint density at radius 3 is 2.54 bits per heavy atom. The summed E-state index contributed by atoms with van der Waals surface area (Å²) in [5.74, 6) is 0.959. The zero-order valence-corrected chi connectivity index (χ0v) is 16.1. The minimum atomic E-state index is -0.275. The summed E-state index contributed by atoms with van der Waals surface area (Å²) in [6.07, 6.45) is 1.47. The van der Waals surface area contributed by atoms with Gasteiger partial charge >= 0.3 is 0 Å². The minimum Gasteiger partial charge on any atom is -0.459 e. The lowest BCUT2D eigenvalue weighted by Crippen LogP contribution is -2.34. The Morgan fingerprint density at radius 2 is 1.96 bits per heavy atom. The van der Waals surface area contributed by atoms with Crippen LogP contribution < -0.4 is 16.4 Å². The average Bonchev–Trinajstić information content (AvgIpc) is 3.07. The van der Waals surface area contributed by atoms with E-state index in [1.54, 1.807) is 12.1 Å². The highest BCUT2D eigenvalue weighted by Gasteiger charge is 2.08. The van der Waals surface area contributed by atoms with Crippen molar-refractivity contribution in [1.82, 2.24) is 5.32 Å². The number of nitrogens with zero attached hydrogens (tertiary/aromatic N) is 1. The topological polar surface area (TPSA) is 92.6 Å². The molecule has 0 aliphatic rings. The van der Waals surface area contributed by atoms with Crippen LogP contribution in [0.4, 0.5) is 5.69 Å². The van der Waals surface area contributed by atoms with Crippen LogP contribution in [0.15, 0.2) is 52.1 Å². The van der Waals surface area contributed by atoms with Gasteiger partial charge in [0, 0.05) is 12.2 Å². The molecule has 0 fully saturated rings. The first-order valence-corrected chi connectivity index (χ1v) is 7.52. The Morgan fingerprint density at radius 1 is 1.25 bits per heavy atom. The van der Waals surface area contributed by atoms with Crippen molar-refractivity contribution in [3.63, 3.8) is 0 Å². The molecule has 0 aliphatic heterocycles. The molecule has 2 aromatic rings. The van der Waals surface area contributed by atoms with Gasteiger partial charge in [-0.1, -0.05) is 26.0 Å². The van der Waals surface area contributed by atoms with E-state index in [0.29, 0.717) is 24.1 Å². The first-order chi connectivity index (χ1) is 11.0. The Bertz CT molecular complexity index is 652. The molecular weight excluding hydrogens is 419 g/mol. The highest BCUT2D eigenvalue weighted by Crippen LogP contribution is 2.12. The minimum absolute atomic E-state index is 0. The molecule has 1 aromatic heterocycles. The summed E-state index contributed by atoms with van der Waals surface area (Å²) in [6.45, 7) is 5.50. The number of carbonyl (C=O) groups excluding carboxylic acids is 1. The fraction of sp³-hybridized carbons (Fsp3) is 0.294. The van der Waals surface area contributed by atoms with Crippen LogP contribution in [0.1, 0.15) is 30.0 Å². The van der Waals surface area contributed by atoms with Crippen LogP contribution >= 0.6 is 24.0 Å². The number of benzene rings is 1. The summed E-state index contributed by atoms with van der Waals surface area (Å²) in [5, 5.41) is 5.83. The number of carbonyl (C=O) groups is 1. The van der Waals surface area contributed by atoms with Crippen molar-refractivity contribution in [1.29, 1.82) is 0 Å². The predicted octanol–water partition coefficient (Wildman–Crippen LogP) is 3.21. The van der Waals surface area contributed by atoms with Crippen LogP contribution in [0.5, 0.6) is 0 Å². The number of aliphatic imine (C=N–C) groups is 1. The fourth-order valence-electron chi connectivity index (χ4n) is 1.83. The molecule has 2 rings (SSSR count). The summed E-state index contributed by atoms with van der Waals surface area (Å²) in [7, 11) is 0. The molecule has 0 unspecified atom stereocenters. The molecule has 0 saturated heterocycles. The fourth-order valence-corrected chi connectivity index (χ4v) is 1.83. The van der Waals surface area contributed by atoms with Crippen molar-refractivity contribution in [3.05, 3.63) is 54.0 Å². The third-order valence-electron chi connectivity index (χ3n) is 3.08. The quantitative estimate of drug-likeness (QED) is 0.364. The summed E-state index contributed by atoms with van der Waals surface area (Å²) in [6, 6.07) is 10.7. The van der Waals surface area contributed by atoms with Gasteiger partial charge in [-0.2, -0.15) is 0 Å². The van der Waals surface area contributed by atoms with E-state index in [0.717, 1.165) is 12.1 Å². The van der Waals surface area contributed by atoms with Gasteiger partial charge in [0.05, 0.1) is 12.8 Å². The normalized spacial score (nSPS) is 11.0. The first kappa shape index (κ1) is 20.0. The third kappa shape index (κ3) is 6.61. The van der Waals surface area contributed by atoms with Crippen LogP contribution in [-0.2, 0) is 6.54 Å². The number of amides is 1. The maximum atomic E-state index is 11.9. The van der Waals surface area contributed by atoms with E-state index in [4.69, 9.17) is 10.2 Å². The third-order valence-corrected chi connectivity index (χ3v) is 3.08. The second kappa shape index (κ2) is 9.96. The summed E-state index contributed by atoms with van der Waals surface area (Å²) >= 11 is 0. The molecule has 0 aliphatic carbocycles. The maximum Gasteiger partial charge on any atom is 0.291 e. The maximum absolute atomic E-state index is 11.9. The molecule has 7 heteroatoms. The first-order valence-electron chi connectivity index (χ1n) is 7.52. The zero-order valence-electron chi connectivity index (χ0n) is 13.8. The van der Waals surface area contributed by atoms with Gasteiger partial charge in [-0.3, -0.25) is 4.79 Å². The molecule has 0 saturated carbocycles. The zero-order chi connectivity index (χ0) is 16.7. The van der Waals surface area contributed by atoms with E-state index in [9.17, 15) is 4.79 Å². The Kier molecular flexibility index (Phi) is 8.31. The SMILES string of the molecule is CC(C)CNC(N)=NCc1ccc(NC(=O)c2ccco2)cc1.I. The lowest BCUT2D eigenvalue weighted by Gasteiger charge is -2.08. The van der Waals surface area contributed by atoms with E-state index >= 15 is 0 Å². The van der Waals surface area contributed by atoms with Gasteiger partial charge in [0.15, 0.2) is 11.7 Å². The van der Waals surface area contributed by atoms with Crippen molar-refractivity contribution in [3.8, 4) is 0 Å². The molecule has 0 spiro atoms. The predicted molar refractivity (Wildman–Crippen MR) is 107 cm³/mol. The highest BCUT2D eigenvalue weighted by molar-refractivity contribution is 14.0. The number of guanidine groups is 1. The standard InChI is InChI=1S/C17H22N4O2.HI/c1-12(2)10-19-17(18)20-11-13-5-7-14(8-6-13)21-16(22)15-4-3-9-23-15;/h3-9,12H,10-11H2,1-2H3,(H,21,22)(H3,18,19,20);1H. The van der Waals surface area contributed by atoms with Crippen LogP contribution in [0.25, 0.3) is 0 Å².